The molecule has 0 unspecified atom stereocenters. The van der Waals surface area contributed by atoms with Crippen LogP contribution in [-0.4, -0.2) is 56.4 Å². The molecule has 0 saturated carbocycles. The molecule has 1 aliphatic rings. The number of methoxy groups -OCH3 is 1. The van der Waals surface area contributed by atoms with E-state index in [-0.39, 0.29) is 0 Å². The van der Waals surface area contributed by atoms with Crippen molar-refractivity contribution in [3.8, 4) is 23.0 Å². The smallest absolute Gasteiger partial charge is 0.163 e. The summed E-state index contributed by atoms with van der Waals surface area (Å²) in [6.45, 7) is 4.85. The van der Waals surface area contributed by atoms with Gasteiger partial charge in [-0.2, -0.15) is 0 Å². The number of benzene rings is 2. The molecular formula is C22H25N3O4. The van der Waals surface area contributed by atoms with Crippen molar-refractivity contribution in [2.75, 3.05) is 52.3 Å². The van der Waals surface area contributed by atoms with E-state index in [0.29, 0.717) is 35.3 Å². The third-order valence-corrected chi connectivity index (χ3v) is 4.86. The normalized spacial score (nSPS) is 14.7. The quantitative estimate of drug-likeness (QED) is 0.615. The van der Waals surface area contributed by atoms with E-state index >= 15 is 0 Å². The number of morpholine rings is 1. The highest BCUT2D eigenvalue weighted by Gasteiger charge is 2.14. The number of hydrogen-bond donors (Lipinski definition) is 1. The molecule has 7 heteroatoms. The molecule has 0 radical (unpaired) electrons. The summed E-state index contributed by atoms with van der Waals surface area (Å²) in [5.74, 6) is 2.72. The highest BCUT2D eigenvalue weighted by Crippen LogP contribution is 2.37. The Morgan fingerprint density at radius 2 is 1.83 bits per heavy atom. The van der Waals surface area contributed by atoms with Gasteiger partial charge in [-0.3, -0.25) is 9.88 Å². The van der Waals surface area contributed by atoms with Gasteiger partial charge in [0.1, 0.15) is 18.1 Å². The van der Waals surface area contributed by atoms with Gasteiger partial charge in [-0.05, 0) is 36.4 Å². The summed E-state index contributed by atoms with van der Waals surface area (Å²) >= 11 is 0. The Balaban J connectivity index is 1.53. The Hall–Kier alpha value is -3.03. The molecule has 2 N–H and O–H groups in total. The van der Waals surface area contributed by atoms with Gasteiger partial charge in [-0.25, -0.2) is 0 Å². The predicted octanol–water partition coefficient (Wildman–Crippen LogP) is 3.33. The molecule has 152 valence electrons. The largest absolute Gasteiger partial charge is 0.493 e. The number of aromatic nitrogens is 1. The van der Waals surface area contributed by atoms with Crippen molar-refractivity contribution in [1.29, 1.82) is 0 Å². The van der Waals surface area contributed by atoms with Crippen LogP contribution in [0.5, 0.6) is 23.0 Å². The molecule has 0 aliphatic carbocycles. The summed E-state index contributed by atoms with van der Waals surface area (Å²) in [4.78, 5) is 6.80. The Morgan fingerprint density at radius 3 is 2.59 bits per heavy atom. The lowest BCUT2D eigenvalue weighted by Gasteiger charge is -2.26. The molecule has 0 atom stereocenters. The molecule has 0 amide bonds. The van der Waals surface area contributed by atoms with E-state index in [0.717, 1.165) is 43.8 Å². The Bertz CT molecular complexity index is 956. The van der Waals surface area contributed by atoms with Crippen LogP contribution in [0.4, 0.5) is 5.69 Å². The second-order valence-corrected chi connectivity index (χ2v) is 6.80. The average Bonchev–Trinajstić information content (AvgIpc) is 2.76. The molecule has 29 heavy (non-hydrogen) atoms. The van der Waals surface area contributed by atoms with Crippen molar-refractivity contribution >= 4 is 16.6 Å². The average molecular weight is 395 g/mol. The molecule has 0 spiro atoms. The van der Waals surface area contributed by atoms with E-state index in [2.05, 4.69) is 9.88 Å². The Morgan fingerprint density at radius 1 is 1.03 bits per heavy atom. The number of nitrogens with two attached hydrogens (primary N) is 1. The van der Waals surface area contributed by atoms with Crippen molar-refractivity contribution < 1.29 is 18.9 Å². The van der Waals surface area contributed by atoms with Crippen LogP contribution in [0.25, 0.3) is 10.9 Å². The second-order valence-electron chi connectivity index (χ2n) is 6.80. The first-order valence-electron chi connectivity index (χ1n) is 9.66. The maximum Gasteiger partial charge on any atom is 0.163 e. The third-order valence-electron chi connectivity index (χ3n) is 4.86. The number of hydrogen-bond acceptors (Lipinski definition) is 7. The van der Waals surface area contributed by atoms with Crippen LogP contribution in [0.15, 0.2) is 48.7 Å². The van der Waals surface area contributed by atoms with Crippen molar-refractivity contribution in [2.45, 2.75) is 0 Å². The fourth-order valence-corrected chi connectivity index (χ4v) is 3.26. The highest BCUT2D eigenvalue weighted by atomic mass is 16.5. The van der Waals surface area contributed by atoms with Crippen LogP contribution >= 0.6 is 0 Å². The zero-order valence-corrected chi connectivity index (χ0v) is 16.5. The summed E-state index contributed by atoms with van der Waals surface area (Å²) in [7, 11) is 1.63. The minimum absolute atomic E-state index is 0.573. The standard InChI is InChI=1S/C22H25N3O4/c1-26-21-14-18-19(15-22(21)28-13-10-25-8-11-27-12-9-25)24-7-6-20(18)29-17-4-2-16(23)3-5-17/h2-7,14-15H,8-13,23H2,1H3. The third kappa shape index (κ3) is 4.70. The number of ether oxygens (including phenoxy) is 4. The van der Waals surface area contributed by atoms with Crippen molar-refractivity contribution in [3.05, 3.63) is 48.7 Å². The molecule has 1 fully saturated rings. The van der Waals surface area contributed by atoms with Crippen LogP contribution in [0.2, 0.25) is 0 Å². The second kappa shape index (κ2) is 8.98. The van der Waals surface area contributed by atoms with Crippen molar-refractivity contribution in [3.63, 3.8) is 0 Å². The maximum absolute atomic E-state index is 6.04. The summed E-state index contributed by atoms with van der Waals surface area (Å²) in [6, 6.07) is 12.9. The Labute approximate surface area is 169 Å². The van der Waals surface area contributed by atoms with Gasteiger partial charge >= 0.3 is 0 Å². The van der Waals surface area contributed by atoms with Gasteiger partial charge in [0.05, 0.1) is 25.8 Å². The van der Waals surface area contributed by atoms with Gasteiger partial charge < -0.3 is 24.7 Å². The van der Waals surface area contributed by atoms with Crippen molar-refractivity contribution in [2.24, 2.45) is 0 Å². The predicted molar refractivity (Wildman–Crippen MR) is 112 cm³/mol. The number of rotatable bonds is 7. The molecule has 1 aliphatic heterocycles. The fourth-order valence-electron chi connectivity index (χ4n) is 3.26. The number of nitrogen functional groups attached to an aromatic ring is 1. The molecule has 2 heterocycles. The zero-order chi connectivity index (χ0) is 20.1. The molecule has 0 bridgehead atoms. The SMILES string of the molecule is COc1cc2c(Oc3ccc(N)cc3)ccnc2cc1OCCN1CCOCC1. The fraction of sp³-hybridized carbons (Fsp3) is 0.318. The molecule has 1 aromatic heterocycles. The zero-order valence-electron chi connectivity index (χ0n) is 16.5. The highest BCUT2D eigenvalue weighted by molar-refractivity contribution is 5.88. The number of nitrogens with zero attached hydrogens (tertiary/aromatic N) is 2. The molecule has 2 aromatic carbocycles. The van der Waals surface area contributed by atoms with Gasteiger partial charge in [0.25, 0.3) is 0 Å². The van der Waals surface area contributed by atoms with Crippen LogP contribution in [-0.2, 0) is 4.74 Å². The molecule has 7 nitrogen and oxygen atoms in total. The van der Waals surface area contributed by atoms with Crippen molar-refractivity contribution in [1.82, 2.24) is 9.88 Å². The minimum atomic E-state index is 0.573. The van der Waals surface area contributed by atoms with Gasteiger partial charge in [0.15, 0.2) is 11.5 Å². The number of pyridine rings is 1. The van der Waals surface area contributed by atoms with E-state index in [1.165, 1.54) is 0 Å². The van der Waals surface area contributed by atoms with Gasteiger partial charge in [-0.1, -0.05) is 0 Å². The molecular weight excluding hydrogens is 370 g/mol. The van der Waals surface area contributed by atoms with Gasteiger partial charge in [-0.15, -0.1) is 0 Å². The molecule has 3 aromatic rings. The summed E-state index contributed by atoms with van der Waals surface area (Å²) < 4.78 is 23.0. The van der Waals surface area contributed by atoms with Crippen LogP contribution in [0, 0.1) is 0 Å². The van der Waals surface area contributed by atoms with E-state index in [4.69, 9.17) is 24.7 Å². The van der Waals surface area contributed by atoms with Crippen LogP contribution < -0.4 is 19.9 Å². The number of anilines is 1. The first kappa shape index (κ1) is 19.3. The summed E-state index contributed by atoms with van der Waals surface area (Å²) in [6.07, 6.45) is 1.72. The first-order chi connectivity index (χ1) is 14.2. The van der Waals surface area contributed by atoms with Crippen LogP contribution in [0.1, 0.15) is 0 Å². The van der Waals surface area contributed by atoms with Crippen LogP contribution in [0.3, 0.4) is 0 Å². The first-order valence-corrected chi connectivity index (χ1v) is 9.66. The van der Waals surface area contributed by atoms with E-state index < -0.39 is 0 Å². The van der Waals surface area contributed by atoms with E-state index in [1.807, 2.05) is 30.3 Å². The topological polar surface area (TPSA) is 79.1 Å². The lowest BCUT2D eigenvalue weighted by molar-refractivity contribution is 0.0321. The summed E-state index contributed by atoms with van der Waals surface area (Å²) in [5.41, 5.74) is 7.22. The molecule has 4 rings (SSSR count). The minimum Gasteiger partial charge on any atom is -0.493 e. The lowest BCUT2D eigenvalue weighted by Crippen LogP contribution is -2.38. The van der Waals surface area contributed by atoms with E-state index in [1.54, 1.807) is 25.4 Å². The monoisotopic (exact) mass is 395 g/mol. The Kier molecular flexibility index (Phi) is 5.97. The lowest BCUT2D eigenvalue weighted by atomic mass is 10.1. The maximum atomic E-state index is 6.04. The van der Waals surface area contributed by atoms with Gasteiger partial charge in [0.2, 0.25) is 0 Å². The van der Waals surface area contributed by atoms with E-state index in [9.17, 15) is 0 Å². The summed E-state index contributed by atoms with van der Waals surface area (Å²) in [5, 5.41) is 0.849. The molecule has 1 saturated heterocycles. The van der Waals surface area contributed by atoms with Gasteiger partial charge in [0, 0.05) is 43.0 Å². The number of fused-ring (bicyclic) bond motifs is 1.